The minimum atomic E-state index is 0.0703. The zero-order chi connectivity index (χ0) is 15.1. The highest BCUT2D eigenvalue weighted by molar-refractivity contribution is 8.01. The molecule has 0 radical (unpaired) electrons. The van der Waals surface area contributed by atoms with Crippen LogP contribution in [0.1, 0.15) is 23.7 Å². The first-order chi connectivity index (χ1) is 10.2. The molecule has 0 saturated carbocycles. The van der Waals surface area contributed by atoms with Crippen LogP contribution in [0.15, 0.2) is 28.6 Å². The molecule has 112 valence electrons. The van der Waals surface area contributed by atoms with E-state index in [9.17, 15) is 4.79 Å². The molecule has 0 aliphatic rings. The molecule has 5 nitrogen and oxygen atoms in total. The highest BCUT2D eigenvalue weighted by Crippen LogP contribution is 2.26. The summed E-state index contributed by atoms with van der Waals surface area (Å²) in [4.78, 5) is 12.1. The SMILES string of the molecule is CCCNc1nnc(SCC(=O)c2ccc(OC)cc2)s1. The van der Waals surface area contributed by atoms with Crippen LogP contribution in [0.3, 0.4) is 0 Å². The van der Waals surface area contributed by atoms with E-state index >= 15 is 0 Å². The van der Waals surface area contributed by atoms with Crippen LogP contribution in [0.2, 0.25) is 0 Å². The number of ketones is 1. The summed E-state index contributed by atoms with van der Waals surface area (Å²) in [5.74, 6) is 1.17. The molecule has 2 aromatic rings. The second kappa shape index (κ2) is 7.99. The predicted molar refractivity (Wildman–Crippen MR) is 86.7 cm³/mol. The quantitative estimate of drug-likeness (QED) is 0.594. The van der Waals surface area contributed by atoms with Crippen molar-refractivity contribution in [1.29, 1.82) is 0 Å². The third-order valence-corrected chi connectivity index (χ3v) is 4.69. The van der Waals surface area contributed by atoms with Crippen molar-refractivity contribution in [2.45, 2.75) is 17.7 Å². The second-order valence-corrected chi connectivity index (χ2v) is 6.44. The number of nitrogens with zero attached hydrogens (tertiary/aromatic N) is 2. The molecule has 0 saturated heterocycles. The summed E-state index contributed by atoms with van der Waals surface area (Å²) in [6.45, 7) is 2.97. The Morgan fingerprint density at radius 1 is 1.33 bits per heavy atom. The van der Waals surface area contributed by atoms with Gasteiger partial charge in [-0.2, -0.15) is 0 Å². The topological polar surface area (TPSA) is 64.1 Å². The van der Waals surface area contributed by atoms with E-state index in [1.807, 2.05) is 0 Å². The molecule has 7 heteroatoms. The van der Waals surface area contributed by atoms with E-state index in [1.165, 1.54) is 23.1 Å². The average molecular weight is 323 g/mol. The van der Waals surface area contributed by atoms with Gasteiger partial charge in [0, 0.05) is 12.1 Å². The molecule has 0 spiro atoms. The first kappa shape index (κ1) is 15.8. The standard InChI is InChI=1S/C14H17N3O2S2/c1-3-8-15-13-16-17-14(21-13)20-9-12(18)10-4-6-11(19-2)7-5-10/h4-7H,3,8-9H2,1-2H3,(H,15,16). The largest absolute Gasteiger partial charge is 0.497 e. The van der Waals surface area contributed by atoms with Crippen molar-refractivity contribution in [3.8, 4) is 5.75 Å². The number of hydrogen-bond donors (Lipinski definition) is 1. The van der Waals surface area contributed by atoms with E-state index in [4.69, 9.17) is 4.74 Å². The van der Waals surface area contributed by atoms with Crippen molar-refractivity contribution in [1.82, 2.24) is 10.2 Å². The summed E-state index contributed by atoms with van der Waals surface area (Å²) >= 11 is 2.89. The van der Waals surface area contributed by atoms with Gasteiger partial charge >= 0.3 is 0 Å². The first-order valence-electron chi connectivity index (χ1n) is 6.60. The smallest absolute Gasteiger partial charge is 0.206 e. The monoisotopic (exact) mass is 323 g/mol. The maximum absolute atomic E-state index is 12.1. The summed E-state index contributed by atoms with van der Waals surface area (Å²) < 4.78 is 5.87. The second-order valence-electron chi connectivity index (χ2n) is 4.24. The van der Waals surface area contributed by atoms with Gasteiger partial charge in [-0.1, -0.05) is 30.0 Å². The Morgan fingerprint density at radius 3 is 2.76 bits per heavy atom. The Labute approximate surface area is 132 Å². The van der Waals surface area contributed by atoms with Gasteiger partial charge in [-0.05, 0) is 30.7 Å². The number of hydrogen-bond acceptors (Lipinski definition) is 7. The van der Waals surface area contributed by atoms with Crippen LogP contribution in [0.5, 0.6) is 5.75 Å². The van der Waals surface area contributed by atoms with Crippen LogP contribution in [0.4, 0.5) is 5.13 Å². The summed E-state index contributed by atoms with van der Waals surface area (Å²) in [6, 6.07) is 7.12. The average Bonchev–Trinajstić information content (AvgIpc) is 2.98. The predicted octanol–water partition coefficient (Wildman–Crippen LogP) is 3.34. The molecule has 2 rings (SSSR count). The molecule has 0 atom stereocenters. The maximum Gasteiger partial charge on any atom is 0.206 e. The zero-order valence-corrected chi connectivity index (χ0v) is 13.6. The molecular weight excluding hydrogens is 306 g/mol. The third kappa shape index (κ3) is 4.71. The van der Waals surface area contributed by atoms with E-state index in [2.05, 4.69) is 22.4 Å². The Balaban J connectivity index is 1.86. The van der Waals surface area contributed by atoms with E-state index < -0.39 is 0 Å². The Hall–Kier alpha value is -1.60. The minimum absolute atomic E-state index is 0.0703. The van der Waals surface area contributed by atoms with Gasteiger partial charge in [0.25, 0.3) is 0 Å². The number of ether oxygens (including phenoxy) is 1. The number of nitrogens with one attached hydrogen (secondary N) is 1. The zero-order valence-electron chi connectivity index (χ0n) is 12.0. The molecule has 21 heavy (non-hydrogen) atoms. The molecule has 0 amide bonds. The summed E-state index contributed by atoms with van der Waals surface area (Å²) in [7, 11) is 1.60. The fourth-order valence-electron chi connectivity index (χ4n) is 1.56. The Morgan fingerprint density at radius 2 is 2.10 bits per heavy atom. The highest BCUT2D eigenvalue weighted by Gasteiger charge is 2.10. The fourth-order valence-corrected chi connectivity index (χ4v) is 3.23. The summed E-state index contributed by atoms with van der Waals surface area (Å²) in [6.07, 6.45) is 1.04. The number of thioether (sulfide) groups is 1. The van der Waals surface area contributed by atoms with Gasteiger partial charge in [0.1, 0.15) is 5.75 Å². The number of Topliss-reactive ketones (excluding diaryl/α,β-unsaturated/α-hetero) is 1. The Bertz CT molecular complexity index is 584. The number of carbonyl (C=O) groups is 1. The molecule has 1 N–H and O–H groups in total. The normalized spacial score (nSPS) is 10.4. The number of methoxy groups -OCH3 is 1. The lowest BCUT2D eigenvalue weighted by molar-refractivity contribution is 0.102. The van der Waals surface area contributed by atoms with Crippen molar-refractivity contribution < 1.29 is 9.53 Å². The van der Waals surface area contributed by atoms with Crippen molar-refractivity contribution in [3.05, 3.63) is 29.8 Å². The maximum atomic E-state index is 12.1. The van der Waals surface area contributed by atoms with E-state index in [-0.39, 0.29) is 5.78 Å². The van der Waals surface area contributed by atoms with E-state index in [0.29, 0.717) is 11.3 Å². The molecule has 0 fully saturated rings. The van der Waals surface area contributed by atoms with Crippen LogP contribution in [0.25, 0.3) is 0 Å². The molecule has 1 aromatic heterocycles. The van der Waals surface area contributed by atoms with Crippen molar-refractivity contribution in [2.75, 3.05) is 24.7 Å². The molecule has 0 aliphatic carbocycles. The van der Waals surface area contributed by atoms with E-state index in [0.717, 1.165) is 28.2 Å². The molecule has 0 unspecified atom stereocenters. The van der Waals surface area contributed by atoms with Gasteiger partial charge in [-0.3, -0.25) is 4.79 Å². The molecule has 1 aromatic carbocycles. The molecule has 0 bridgehead atoms. The van der Waals surface area contributed by atoms with Crippen molar-refractivity contribution in [3.63, 3.8) is 0 Å². The van der Waals surface area contributed by atoms with Crippen LogP contribution < -0.4 is 10.1 Å². The van der Waals surface area contributed by atoms with Gasteiger partial charge in [0.05, 0.1) is 12.9 Å². The Kier molecular flexibility index (Phi) is 6.01. The van der Waals surface area contributed by atoms with Gasteiger partial charge < -0.3 is 10.1 Å². The molecular formula is C14H17N3O2S2. The van der Waals surface area contributed by atoms with Crippen LogP contribution in [-0.2, 0) is 0 Å². The molecule has 0 aliphatic heterocycles. The number of benzene rings is 1. The first-order valence-corrected chi connectivity index (χ1v) is 8.40. The minimum Gasteiger partial charge on any atom is -0.497 e. The highest BCUT2D eigenvalue weighted by atomic mass is 32.2. The number of anilines is 1. The third-order valence-electron chi connectivity index (χ3n) is 2.67. The van der Waals surface area contributed by atoms with Crippen molar-refractivity contribution >= 4 is 34.0 Å². The lowest BCUT2D eigenvalue weighted by Gasteiger charge is -2.01. The van der Waals surface area contributed by atoms with Crippen LogP contribution >= 0.6 is 23.1 Å². The van der Waals surface area contributed by atoms with Gasteiger partial charge in [-0.25, -0.2) is 0 Å². The number of aromatic nitrogens is 2. The number of rotatable bonds is 8. The fraction of sp³-hybridized carbons (Fsp3) is 0.357. The van der Waals surface area contributed by atoms with Crippen molar-refractivity contribution in [2.24, 2.45) is 0 Å². The van der Waals surface area contributed by atoms with E-state index in [1.54, 1.807) is 31.4 Å². The van der Waals surface area contributed by atoms with Gasteiger partial charge in [0.2, 0.25) is 5.13 Å². The lowest BCUT2D eigenvalue weighted by Crippen LogP contribution is -2.02. The van der Waals surface area contributed by atoms with Gasteiger partial charge in [-0.15, -0.1) is 10.2 Å². The molecule has 1 heterocycles. The van der Waals surface area contributed by atoms with Gasteiger partial charge in [0.15, 0.2) is 10.1 Å². The van der Waals surface area contributed by atoms with Crippen LogP contribution in [-0.4, -0.2) is 35.4 Å². The summed E-state index contributed by atoms with van der Waals surface area (Å²) in [5.41, 5.74) is 0.678. The van der Waals surface area contributed by atoms with Crippen LogP contribution in [0, 0.1) is 0 Å². The number of carbonyl (C=O) groups excluding carboxylic acids is 1. The lowest BCUT2D eigenvalue weighted by atomic mass is 10.1. The summed E-state index contributed by atoms with van der Waals surface area (Å²) in [5, 5.41) is 12.1.